The van der Waals surface area contributed by atoms with E-state index in [1.54, 1.807) is 5.01 Å². The average Bonchev–Trinajstić information content (AvgIpc) is 1.81. The minimum absolute atomic E-state index is 0.465. The number of hydrazone groups is 1. The zero-order chi connectivity index (χ0) is 8.15. The van der Waals surface area contributed by atoms with Gasteiger partial charge in [-0.05, 0) is 0 Å². The maximum atomic E-state index is 4.23. The summed E-state index contributed by atoms with van der Waals surface area (Å²) in [5, 5.41) is 9.07. The largest absolute Gasteiger partial charge is 0.375 e. The van der Waals surface area contributed by atoms with Gasteiger partial charge in [-0.15, -0.1) is 0 Å². The Balaban J connectivity index is 4.04. The third kappa shape index (κ3) is 3.33. The van der Waals surface area contributed by atoms with Crippen molar-refractivity contribution in [2.45, 2.75) is 13.8 Å². The number of hydrogen-bond acceptors (Lipinski definition) is 2. The van der Waals surface area contributed by atoms with Crippen LogP contribution in [0.2, 0.25) is 0 Å². The molecule has 0 atom stereocenters. The van der Waals surface area contributed by atoms with Crippen LogP contribution in [0, 0.1) is 5.92 Å². The molecule has 10 heavy (non-hydrogen) atoms. The molecule has 0 aromatic carbocycles. The van der Waals surface area contributed by atoms with Gasteiger partial charge in [-0.25, -0.2) is 0 Å². The molecule has 0 aromatic rings. The van der Waals surface area contributed by atoms with Crippen LogP contribution in [0.25, 0.3) is 0 Å². The number of hydrogen-bond donors (Lipinski definition) is 1. The predicted octanol–water partition coefficient (Wildman–Crippen LogP) is 0.737. The van der Waals surface area contributed by atoms with E-state index in [0.29, 0.717) is 5.92 Å². The van der Waals surface area contributed by atoms with Gasteiger partial charge in [0.2, 0.25) is 0 Å². The van der Waals surface area contributed by atoms with Crippen molar-refractivity contribution in [3.05, 3.63) is 0 Å². The molecule has 0 aliphatic rings. The summed E-state index contributed by atoms with van der Waals surface area (Å²) in [5.74, 6) is 1.48. The lowest BCUT2D eigenvalue weighted by molar-refractivity contribution is 0.430. The maximum absolute atomic E-state index is 4.23. The van der Waals surface area contributed by atoms with Gasteiger partial charge >= 0.3 is 0 Å². The molecule has 0 unspecified atom stereocenters. The summed E-state index contributed by atoms with van der Waals surface area (Å²) in [5.41, 5.74) is 0. The SMILES string of the molecule is CN/C(=N/N(C)C)C(C)C. The van der Waals surface area contributed by atoms with Crippen LogP contribution >= 0.6 is 0 Å². The smallest absolute Gasteiger partial charge is 0.124 e. The van der Waals surface area contributed by atoms with Crippen molar-refractivity contribution >= 4 is 5.84 Å². The molecule has 0 aliphatic carbocycles. The van der Waals surface area contributed by atoms with E-state index in [-0.39, 0.29) is 0 Å². The first-order valence-corrected chi connectivity index (χ1v) is 3.51. The van der Waals surface area contributed by atoms with Crippen molar-refractivity contribution in [1.29, 1.82) is 0 Å². The van der Waals surface area contributed by atoms with Crippen molar-refractivity contribution < 1.29 is 0 Å². The lowest BCUT2D eigenvalue weighted by Gasteiger charge is -2.12. The van der Waals surface area contributed by atoms with Gasteiger partial charge in [-0.1, -0.05) is 13.8 Å². The summed E-state index contributed by atoms with van der Waals surface area (Å²) in [6, 6.07) is 0. The van der Waals surface area contributed by atoms with Gasteiger partial charge in [0.15, 0.2) is 0 Å². The van der Waals surface area contributed by atoms with Crippen LogP contribution in [0.15, 0.2) is 5.10 Å². The van der Waals surface area contributed by atoms with Gasteiger partial charge in [-0.3, -0.25) is 0 Å². The highest BCUT2D eigenvalue weighted by molar-refractivity contribution is 5.83. The Bertz CT molecular complexity index is 116. The molecular formula is C7H17N3. The minimum atomic E-state index is 0.465. The van der Waals surface area contributed by atoms with E-state index >= 15 is 0 Å². The Hall–Kier alpha value is -0.730. The molecule has 0 aromatic heterocycles. The third-order valence-electron chi connectivity index (χ3n) is 1.11. The molecule has 0 saturated carbocycles. The summed E-state index contributed by atoms with van der Waals surface area (Å²) >= 11 is 0. The molecule has 0 saturated heterocycles. The van der Waals surface area contributed by atoms with E-state index in [9.17, 15) is 0 Å². The Morgan fingerprint density at radius 2 is 1.90 bits per heavy atom. The first-order valence-electron chi connectivity index (χ1n) is 3.51. The van der Waals surface area contributed by atoms with Gasteiger partial charge in [0.1, 0.15) is 5.84 Å². The molecule has 0 rings (SSSR count). The van der Waals surface area contributed by atoms with E-state index < -0.39 is 0 Å². The second-order valence-electron chi connectivity index (χ2n) is 2.74. The van der Waals surface area contributed by atoms with Crippen molar-refractivity contribution in [1.82, 2.24) is 10.3 Å². The summed E-state index contributed by atoms with van der Waals surface area (Å²) in [4.78, 5) is 0. The Labute approximate surface area is 63.1 Å². The van der Waals surface area contributed by atoms with Crippen LogP contribution in [0.3, 0.4) is 0 Å². The van der Waals surface area contributed by atoms with Gasteiger partial charge in [0.25, 0.3) is 0 Å². The topological polar surface area (TPSA) is 27.6 Å². The summed E-state index contributed by atoms with van der Waals surface area (Å²) in [6.45, 7) is 4.22. The van der Waals surface area contributed by atoms with Crippen LogP contribution in [0.5, 0.6) is 0 Å². The van der Waals surface area contributed by atoms with Gasteiger partial charge in [-0.2, -0.15) is 5.10 Å². The predicted molar refractivity (Wildman–Crippen MR) is 45.0 cm³/mol. The average molecular weight is 143 g/mol. The zero-order valence-corrected chi connectivity index (χ0v) is 7.47. The molecule has 3 heteroatoms. The molecule has 0 aliphatic heterocycles. The first-order chi connectivity index (χ1) is 4.57. The van der Waals surface area contributed by atoms with Crippen molar-refractivity contribution in [3.8, 4) is 0 Å². The van der Waals surface area contributed by atoms with Crippen molar-refractivity contribution in [2.75, 3.05) is 21.1 Å². The van der Waals surface area contributed by atoms with Crippen LogP contribution in [-0.2, 0) is 0 Å². The summed E-state index contributed by atoms with van der Waals surface area (Å²) < 4.78 is 0. The second kappa shape index (κ2) is 4.14. The van der Waals surface area contributed by atoms with Gasteiger partial charge in [0, 0.05) is 27.1 Å². The van der Waals surface area contributed by atoms with E-state index in [1.807, 2.05) is 21.1 Å². The molecule has 0 amide bonds. The fraction of sp³-hybridized carbons (Fsp3) is 0.857. The standard InChI is InChI=1S/C7H17N3/c1-6(2)7(8-3)9-10(4)5/h6H,1-5H3,(H,8,9). The molecule has 1 N–H and O–H groups in total. The molecule has 0 spiro atoms. The number of nitrogens with zero attached hydrogens (tertiary/aromatic N) is 2. The molecule has 0 radical (unpaired) electrons. The summed E-state index contributed by atoms with van der Waals surface area (Å²) in [7, 11) is 5.72. The Morgan fingerprint density at radius 1 is 1.40 bits per heavy atom. The van der Waals surface area contributed by atoms with Gasteiger partial charge < -0.3 is 10.3 Å². The van der Waals surface area contributed by atoms with E-state index in [4.69, 9.17) is 0 Å². The van der Waals surface area contributed by atoms with Gasteiger partial charge in [0.05, 0.1) is 0 Å². The first kappa shape index (κ1) is 9.27. The Morgan fingerprint density at radius 3 is 2.00 bits per heavy atom. The minimum Gasteiger partial charge on any atom is -0.375 e. The van der Waals surface area contributed by atoms with Crippen LogP contribution < -0.4 is 5.32 Å². The maximum Gasteiger partial charge on any atom is 0.124 e. The van der Waals surface area contributed by atoms with E-state index in [2.05, 4.69) is 24.3 Å². The molecule has 60 valence electrons. The lowest BCUT2D eigenvalue weighted by Crippen LogP contribution is -2.26. The lowest BCUT2D eigenvalue weighted by atomic mass is 10.2. The number of rotatable bonds is 2. The van der Waals surface area contributed by atoms with E-state index in [0.717, 1.165) is 5.84 Å². The quantitative estimate of drug-likeness (QED) is 0.351. The second-order valence-corrected chi connectivity index (χ2v) is 2.74. The van der Waals surface area contributed by atoms with E-state index in [1.165, 1.54) is 0 Å². The van der Waals surface area contributed by atoms with Crippen LogP contribution in [0.4, 0.5) is 0 Å². The van der Waals surface area contributed by atoms with Crippen LogP contribution in [-0.4, -0.2) is 32.0 Å². The monoisotopic (exact) mass is 143 g/mol. The van der Waals surface area contributed by atoms with Crippen LogP contribution in [0.1, 0.15) is 13.8 Å². The zero-order valence-electron chi connectivity index (χ0n) is 7.47. The molecule has 0 heterocycles. The third-order valence-corrected chi connectivity index (χ3v) is 1.11. The van der Waals surface area contributed by atoms with Crippen molar-refractivity contribution in [2.24, 2.45) is 11.0 Å². The Kier molecular flexibility index (Phi) is 3.84. The molecule has 3 nitrogen and oxygen atoms in total. The molecule has 0 bridgehead atoms. The molecular weight excluding hydrogens is 126 g/mol. The fourth-order valence-electron chi connectivity index (χ4n) is 0.670. The number of nitrogens with one attached hydrogen (secondary N) is 1. The highest BCUT2D eigenvalue weighted by Gasteiger charge is 2.01. The highest BCUT2D eigenvalue weighted by atomic mass is 15.4. The highest BCUT2D eigenvalue weighted by Crippen LogP contribution is 1.93. The summed E-state index contributed by atoms with van der Waals surface area (Å²) in [6.07, 6.45) is 0. The fourth-order valence-corrected chi connectivity index (χ4v) is 0.670. The van der Waals surface area contributed by atoms with Crippen molar-refractivity contribution in [3.63, 3.8) is 0 Å². The number of amidine groups is 1. The molecule has 0 fully saturated rings. The normalized spacial score (nSPS) is 12.0.